The summed E-state index contributed by atoms with van der Waals surface area (Å²) in [6, 6.07) is 7.72. The van der Waals surface area contributed by atoms with Gasteiger partial charge in [0.1, 0.15) is 5.82 Å². The molecule has 27 heavy (non-hydrogen) atoms. The Balaban J connectivity index is 1.81. The van der Waals surface area contributed by atoms with Crippen LogP contribution in [-0.4, -0.2) is 38.8 Å². The molecule has 0 aliphatic heterocycles. The number of carbonyl (C=O) groups is 1. The smallest absolute Gasteiger partial charge is 0.254 e. The number of hydrogen-bond donors (Lipinski definition) is 2. The molecule has 0 aliphatic carbocycles. The highest BCUT2D eigenvalue weighted by molar-refractivity contribution is 5.95. The summed E-state index contributed by atoms with van der Waals surface area (Å²) in [5.41, 5.74) is 1.80. The van der Waals surface area contributed by atoms with Crippen LogP contribution in [0.4, 0.5) is 4.39 Å². The predicted molar refractivity (Wildman–Crippen MR) is 100 cm³/mol. The van der Waals surface area contributed by atoms with Crippen LogP contribution >= 0.6 is 0 Å². The van der Waals surface area contributed by atoms with Gasteiger partial charge in [-0.2, -0.15) is 0 Å². The van der Waals surface area contributed by atoms with Crippen LogP contribution in [0, 0.1) is 5.82 Å². The first-order valence-corrected chi connectivity index (χ1v) is 8.42. The lowest BCUT2D eigenvalue weighted by Crippen LogP contribution is -2.26. The first kappa shape index (κ1) is 18.6. The van der Waals surface area contributed by atoms with Gasteiger partial charge in [-0.3, -0.25) is 4.79 Å². The summed E-state index contributed by atoms with van der Waals surface area (Å²) in [5, 5.41) is 3.60. The van der Waals surface area contributed by atoms with Crippen LogP contribution in [0.15, 0.2) is 36.5 Å². The Kier molecular flexibility index (Phi) is 5.49. The molecule has 0 saturated heterocycles. The highest BCUT2D eigenvalue weighted by Crippen LogP contribution is 2.44. The van der Waals surface area contributed by atoms with Gasteiger partial charge in [0, 0.05) is 24.2 Å². The average molecular weight is 372 g/mol. The van der Waals surface area contributed by atoms with Crippen molar-refractivity contribution in [3.8, 4) is 17.2 Å². The number of hydrogen-bond acceptors (Lipinski definition) is 4. The van der Waals surface area contributed by atoms with Gasteiger partial charge < -0.3 is 24.5 Å². The summed E-state index contributed by atoms with van der Waals surface area (Å²) in [7, 11) is 4.67. The molecule has 0 atom stereocenters. The molecule has 0 fully saturated rings. The summed E-state index contributed by atoms with van der Waals surface area (Å²) < 4.78 is 30.0. The van der Waals surface area contributed by atoms with E-state index >= 15 is 0 Å². The lowest BCUT2D eigenvalue weighted by Gasteiger charge is -2.14. The lowest BCUT2D eigenvalue weighted by molar-refractivity contribution is 0.0950. The maximum atomic E-state index is 13.7. The van der Waals surface area contributed by atoms with E-state index in [4.69, 9.17) is 14.2 Å². The first-order valence-electron chi connectivity index (χ1n) is 8.42. The van der Waals surface area contributed by atoms with Crippen molar-refractivity contribution in [2.24, 2.45) is 0 Å². The normalized spacial score (nSPS) is 10.7. The van der Waals surface area contributed by atoms with Crippen molar-refractivity contribution < 1.29 is 23.4 Å². The first-order chi connectivity index (χ1) is 13.1. The molecular formula is C20H21FN2O4. The van der Waals surface area contributed by atoms with Gasteiger partial charge in [-0.1, -0.05) is 12.1 Å². The number of aromatic amines is 1. The minimum atomic E-state index is -0.541. The molecule has 3 rings (SSSR count). The van der Waals surface area contributed by atoms with Gasteiger partial charge in [-0.05, 0) is 24.1 Å². The van der Waals surface area contributed by atoms with Gasteiger partial charge in [0.15, 0.2) is 11.5 Å². The molecule has 3 aromatic rings. The van der Waals surface area contributed by atoms with Crippen LogP contribution in [0.2, 0.25) is 0 Å². The SMILES string of the molecule is COc1cc2[nH]cc(CCNC(=O)c3ccccc3F)c2c(OC)c1OC. The minimum absolute atomic E-state index is 0.0282. The van der Waals surface area contributed by atoms with E-state index in [9.17, 15) is 9.18 Å². The maximum absolute atomic E-state index is 13.7. The van der Waals surface area contributed by atoms with E-state index in [1.165, 1.54) is 12.1 Å². The van der Waals surface area contributed by atoms with Gasteiger partial charge in [-0.15, -0.1) is 0 Å². The number of halogens is 1. The zero-order valence-electron chi connectivity index (χ0n) is 15.4. The fourth-order valence-corrected chi connectivity index (χ4v) is 3.07. The van der Waals surface area contributed by atoms with Crippen LogP contribution in [0.3, 0.4) is 0 Å². The molecule has 6 nitrogen and oxygen atoms in total. The van der Waals surface area contributed by atoms with Crippen molar-refractivity contribution in [1.82, 2.24) is 10.3 Å². The third-order valence-corrected chi connectivity index (χ3v) is 4.35. The van der Waals surface area contributed by atoms with Crippen LogP contribution in [-0.2, 0) is 6.42 Å². The largest absolute Gasteiger partial charge is 0.493 e. The van der Waals surface area contributed by atoms with Crippen molar-refractivity contribution in [2.75, 3.05) is 27.9 Å². The number of amides is 1. The standard InChI is InChI=1S/C20H21FN2O4/c1-25-16-10-15-17(19(27-3)18(16)26-2)12(11-23-15)8-9-22-20(24)13-6-4-5-7-14(13)21/h4-7,10-11,23H,8-9H2,1-3H3,(H,22,24). The number of nitrogens with one attached hydrogen (secondary N) is 2. The lowest BCUT2D eigenvalue weighted by atomic mass is 10.1. The van der Waals surface area contributed by atoms with Gasteiger partial charge in [0.25, 0.3) is 5.91 Å². The zero-order chi connectivity index (χ0) is 19.4. The number of methoxy groups -OCH3 is 3. The summed E-state index contributed by atoms with van der Waals surface area (Å²) in [6.07, 6.45) is 2.38. The van der Waals surface area contributed by atoms with Crippen LogP contribution < -0.4 is 19.5 Å². The Morgan fingerprint density at radius 2 is 1.85 bits per heavy atom. The molecule has 7 heteroatoms. The second kappa shape index (κ2) is 7.99. The number of benzene rings is 2. The minimum Gasteiger partial charge on any atom is -0.493 e. The average Bonchev–Trinajstić information content (AvgIpc) is 3.09. The third kappa shape index (κ3) is 3.53. The number of aromatic nitrogens is 1. The molecule has 0 aliphatic rings. The van der Waals surface area contributed by atoms with E-state index in [-0.39, 0.29) is 5.56 Å². The van der Waals surface area contributed by atoms with E-state index < -0.39 is 11.7 Å². The van der Waals surface area contributed by atoms with E-state index in [1.807, 2.05) is 12.3 Å². The molecule has 1 amide bonds. The van der Waals surface area contributed by atoms with Gasteiger partial charge in [0.2, 0.25) is 5.75 Å². The zero-order valence-corrected chi connectivity index (χ0v) is 15.4. The topological polar surface area (TPSA) is 72.6 Å². The Bertz CT molecular complexity index is 968. The molecule has 2 N–H and O–H groups in total. The van der Waals surface area contributed by atoms with Crippen molar-refractivity contribution in [3.05, 3.63) is 53.5 Å². The van der Waals surface area contributed by atoms with Crippen molar-refractivity contribution in [3.63, 3.8) is 0 Å². The number of rotatable bonds is 7. The van der Waals surface area contributed by atoms with Gasteiger partial charge in [-0.25, -0.2) is 4.39 Å². The number of H-pyrrole nitrogens is 1. The van der Waals surface area contributed by atoms with E-state index in [2.05, 4.69) is 10.3 Å². The Hall–Kier alpha value is -3.22. The van der Waals surface area contributed by atoms with Crippen molar-refractivity contribution in [1.29, 1.82) is 0 Å². The highest BCUT2D eigenvalue weighted by atomic mass is 19.1. The van der Waals surface area contributed by atoms with E-state index in [0.29, 0.717) is 30.2 Å². The molecule has 0 unspecified atom stereocenters. The van der Waals surface area contributed by atoms with Crippen molar-refractivity contribution >= 4 is 16.8 Å². The van der Waals surface area contributed by atoms with Gasteiger partial charge >= 0.3 is 0 Å². The summed E-state index contributed by atoms with van der Waals surface area (Å²) in [5.74, 6) is 0.634. The molecule has 0 bridgehead atoms. The van der Waals surface area contributed by atoms with Gasteiger partial charge in [0.05, 0.1) is 32.4 Å². The van der Waals surface area contributed by atoms with Crippen LogP contribution in [0.1, 0.15) is 15.9 Å². The Morgan fingerprint density at radius 3 is 2.52 bits per heavy atom. The molecule has 0 spiro atoms. The van der Waals surface area contributed by atoms with E-state index in [1.54, 1.807) is 33.5 Å². The quantitative estimate of drug-likeness (QED) is 0.667. The van der Waals surface area contributed by atoms with Crippen LogP contribution in [0.25, 0.3) is 10.9 Å². The molecule has 0 radical (unpaired) electrons. The molecule has 2 aromatic carbocycles. The molecule has 142 valence electrons. The fraction of sp³-hybridized carbons (Fsp3) is 0.250. The third-order valence-electron chi connectivity index (χ3n) is 4.35. The molecular weight excluding hydrogens is 351 g/mol. The monoisotopic (exact) mass is 372 g/mol. The number of fused-ring (bicyclic) bond motifs is 1. The van der Waals surface area contributed by atoms with Crippen LogP contribution in [0.5, 0.6) is 17.2 Å². The summed E-state index contributed by atoms with van der Waals surface area (Å²) >= 11 is 0. The second-order valence-corrected chi connectivity index (χ2v) is 5.87. The Morgan fingerprint density at radius 1 is 1.11 bits per heavy atom. The summed E-state index contributed by atoms with van der Waals surface area (Å²) in [4.78, 5) is 15.3. The summed E-state index contributed by atoms with van der Waals surface area (Å²) in [6.45, 7) is 0.345. The molecule has 1 heterocycles. The number of ether oxygens (including phenoxy) is 3. The highest BCUT2D eigenvalue weighted by Gasteiger charge is 2.19. The van der Waals surface area contributed by atoms with Crippen molar-refractivity contribution in [2.45, 2.75) is 6.42 Å². The molecule has 0 saturated carbocycles. The Labute approximate surface area is 156 Å². The maximum Gasteiger partial charge on any atom is 0.254 e. The predicted octanol–water partition coefficient (Wildman–Crippen LogP) is 3.31. The van der Waals surface area contributed by atoms with E-state index in [0.717, 1.165) is 16.5 Å². The number of carbonyl (C=O) groups excluding carboxylic acids is 1. The second-order valence-electron chi connectivity index (χ2n) is 5.87. The fourth-order valence-electron chi connectivity index (χ4n) is 3.07. The molecule has 1 aromatic heterocycles.